The van der Waals surface area contributed by atoms with Crippen molar-refractivity contribution in [3.8, 4) is 0 Å². The molecule has 0 radical (unpaired) electrons. The first-order chi connectivity index (χ1) is 10.1. The topological polar surface area (TPSA) is 43.2 Å². The van der Waals surface area contributed by atoms with E-state index in [-0.39, 0.29) is 6.10 Å². The highest BCUT2D eigenvalue weighted by Crippen LogP contribution is 2.28. The fourth-order valence-corrected chi connectivity index (χ4v) is 2.88. The summed E-state index contributed by atoms with van der Waals surface area (Å²) >= 11 is 12.3. The van der Waals surface area contributed by atoms with Gasteiger partial charge in [-0.2, -0.15) is 0 Å². The van der Waals surface area contributed by atoms with Crippen molar-refractivity contribution in [1.29, 1.82) is 0 Å². The van der Waals surface area contributed by atoms with Gasteiger partial charge in [0, 0.05) is 26.7 Å². The Bertz CT molecular complexity index is 631. The number of hydrogen-bond acceptors (Lipinski definition) is 4. The van der Waals surface area contributed by atoms with Gasteiger partial charge < -0.3 is 9.30 Å². The number of aryl methyl sites for hydroxylation is 1. The second-order valence-corrected chi connectivity index (χ2v) is 5.89. The molecule has 0 bridgehead atoms. The van der Waals surface area contributed by atoms with E-state index in [0.29, 0.717) is 16.7 Å². The molecule has 1 aromatic heterocycles. The molecule has 5 nitrogen and oxygen atoms in total. The molecule has 1 aliphatic heterocycles. The maximum atomic E-state index is 6.26. The zero-order chi connectivity index (χ0) is 14.8. The van der Waals surface area contributed by atoms with Crippen molar-refractivity contribution >= 4 is 23.2 Å². The third kappa shape index (κ3) is 3.21. The molecule has 0 amide bonds. The first kappa shape index (κ1) is 14.8. The van der Waals surface area contributed by atoms with Gasteiger partial charge in [-0.1, -0.05) is 35.3 Å². The van der Waals surface area contributed by atoms with Crippen LogP contribution in [-0.2, 0) is 18.3 Å². The van der Waals surface area contributed by atoms with Crippen molar-refractivity contribution in [2.24, 2.45) is 7.05 Å². The molecule has 0 aliphatic carbocycles. The van der Waals surface area contributed by atoms with E-state index >= 15 is 0 Å². The van der Waals surface area contributed by atoms with Crippen molar-refractivity contribution < 1.29 is 4.74 Å². The lowest BCUT2D eigenvalue weighted by molar-refractivity contribution is -0.0385. The molecular formula is C14H16Cl2N4O. The summed E-state index contributed by atoms with van der Waals surface area (Å²) in [6.07, 6.45) is 1.62. The highest BCUT2D eigenvalue weighted by molar-refractivity contribution is 6.42. The first-order valence-electron chi connectivity index (χ1n) is 6.76. The summed E-state index contributed by atoms with van der Waals surface area (Å²) in [5.41, 5.74) is 1.03. The van der Waals surface area contributed by atoms with E-state index in [1.54, 1.807) is 12.4 Å². The lowest BCUT2D eigenvalue weighted by atomic mass is 10.2. The van der Waals surface area contributed by atoms with E-state index < -0.39 is 0 Å². The first-order valence-corrected chi connectivity index (χ1v) is 7.51. The minimum Gasteiger partial charge on any atom is -0.368 e. The van der Waals surface area contributed by atoms with Gasteiger partial charge in [0.15, 0.2) is 5.82 Å². The molecule has 1 aromatic carbocycles. The van der Waals surface area contributed by atoms with Crippen LogP contribution in [0.4, 0.5) is 0 Å². The normalized spacial score (nSPS) is 19.9. The number of nitrogens with zero attached hydrogens (tertiary/aromatic N) is 4. The molecule has 1 saturated heterocycles. The quantitative estimate of drug-likeness (QED) is 0.869. The van der Waals surface area contributed by atoms with Crippen LogP contribution in [0.5, 0.6) is 0 Å². The lowest BCUT2D eigenvalue weighted by Crippen LogP contribution is -2.38. The maximum absolute atomic E-state index is 6.26. The molecule has 1 fully saturated rings. The van der Waals surface area contributed by atoms with E-state index in [4.69, 9.17) is 27.9 Å². The zero-order valence-electron chi connectivity index (χ0n) is 11.7. The van der Waals surface area contributed by atoms with Crippen molar-refractivity contribution in [2.45, 2.75) is 12.6 Å². The van der Waals surface area contributed by atoms with Gasteiger partial charge in [-0.3, -0.25) is 4.90 Å². The Morgan fingerprint density at radius 3 is 3.00 bits per heavy atom. The molecule has 1 aliphatic rings. The van der Waals surface area contributed by atoms with E-state index in [1.165, 1.54) is 0 Å². The second kappa shape index (κ2) is 6.32. The Labute approximate surface area is 133 Å². The summed E-state index contributed by atoms with van der Waals surface area (Å²) in [6, 6.07) is 5.72. The summed E-state index contributed by atoms with van der Waals surface area (Å²) in [5, 5.41) is 9.25. The summed E-state index contributed by atoms with van der Waals surface area (Å²) in [4.78, 5) is 2.29. The van der Waals surface area contributed by atoms with Crippen molar-refractivity contribution in [3.63, 3.8) is 0 Å². The van der Waals surface area contributed by atoms with Gasteiger partial charge in [0.05, 0.1) is 16.7 Å². The van der Waals surface area contributed by atoms with Crippen LogP contribution >= 0.6 is 23.2 Å². The molecule has 0 N–H and O–H groups in total. The molecule has 3 rings (SSSR count). The molecule has 7 heteroatoms. The molecule has 21 heavy (non-hydrogen) atoms. The van der Waals surface area contributed by atoms with Crippen LogP contribution in [0.3, 0.4) is 0 Å². The largest absolute Gasteiger partial charge is 0.368 e. The highest BCUT2D eigenvalue weighted by atomic mass is 35.5. The number of hydrogen-bond donors (Lipinski definition) is 0. The number of halogens is 2. The third-order valence-corrected chi connectivity index (χ3v) is 4.47. The summed E-state index contributed by atoms with van der Waals surface area (Å²) < 4.78 is 7.69. The van der Waals surface area contributed by atoms with Crippen LogP contribution < -0.4 is 0 Å². The van der Waals surface area contributed by atoms with Gasteiger partial charge in [0.2, 0.25) is 0 Å². The number of aromatic nitrogens is 3. The van der Waals surface area contributed by atoms with Gasteiger partial charge in [0.25, 0.3) is 0 Å². The van der Waals surface area contributed by atoms with Crippen LogP contribution in [0.15, 0.2) is 24.5 Å². The van der Waals surface area contributed by atoms with Crippen LogP contribution in [0.25, 0.3) is 0 Å². The van der Waals surface area contributed by atoms with Crippen LogP contribution in [0, 0.1) is 0 Å². The smallest absolute Gasteiger partial charge is 0.163 e. The summed E-state index contributed by atoms with van der Waals surface area (Å²) in [6.45, 7) is 3.03. The van der Waals surface area contributed by atoms with E-state index in [2.05, 4.69) is 15.1 Å². The minimum atomic E-state index is -0.0655. The van der Waals surface area contributed by atoms with Gasteiger partial charge in [-0.05, 0) is 11.6 Å². The number of rotatable bonds is 3. The third-order valence-electron chi connectivity index (χ3n) is 3.61. The maximum Gasteiger partial charge on any atom is 0.163 e. The van der Waals surface area contributed by atoms with Gasteiger partial charge in [-0.25, -0.2) is 0 Å². The van der Waals surface area contributed by atoms with Gasteiger partial charge in [-0.15, -0.1) is 10.2 Å². The molecule has 0 unspecified atom stereocenters. The van der Waals surface area contributed by atoms with Gasteiger partial charge >= 0.3 is 0 Å². The van der Waals surface area contributed by atoms with E-state index in [0.717, 1.165) is 31.0 Å². The molecule has 2 heterocycles. The number of ether oxygens (including phenoxy) is 1. The van der Waals surface area contributed by atoms with Crippen LogP contribution in [0.2, 0.25) is 10.0 Å². The zero-order valence-corrected chi connectivity index (χ0v) is 13.2. The highest BCUT2D eigenvalue weighted by Gasteiger charge is 2.25. The predicted octanol–water partition coefficient (Wildman–Crippen LogP) is 2.70. The van der Waals surface area contributed by atoms with E-state index in [9.17, 15) is 0 Å². The Morgan fingerprint density at radius 1 is 1.38 bits per heavy atom. The fraction of sp³-hybridized carbons (Fsp3) is 0.429. The Balaban J connectivity index is 1.72. The molecular weight excluding hydrogens is 311 g/mol. The molecule has 2 aromatic rings. The molecule has 0 saturated carbocycles. The minimum absolute atomic E-state index is 0.0655. The second-order valence-electron chi connectivity index (χ2n) is 5.11. The number of morpholine rings is 1. The monoisotopic (exact) mass is 326 g/mol. The standard InChI is InChI=1S/C14H16Cl2N4O/c1-19-9-17-18-14(19)12-8-20(5-6-21-12)7-10-3-2-4-11(15)13(10)16/h2-4,9,12H,5-8H2,1H3/t12-/m1/s1. The summed E-state index contributed by atoms with van der Waals surface area (Å²) in [7, 11) is 1.92. The number of benzene rings is 1. The van der Waals surface area contributed by atoms with Crippen molar-refractivity contribution in [2.75, 3.05) is 19.7 Å². The Morgan fingerprint density at radius 2 is 2.24 bits per heavy atom. The molecule has 0 spiro atoms. The van der Waals surface area contributed by atoms with Crippen molar-refractivity contribution in [1.82, 2.24) is 19.7 Å². The lowest BCUT2D eigenvalue weighted by Gasteiger charge is -2.32. The van der Waals surface area contributed by atoms with E-state index in [1.807, 2.05) is 23.7 Å². The summed E-state index contributed by atoms with van der Waals surface area (Å²) in [5.74, 6) is 0.844. The van der Waals surface area contributed by atoms with Crippen LogP contribution in [0.1, 0.15) is 17.5 Å². The average Bonchev–Trinajstić information content (AvgIpc) is 2.90. The molecule has 112 valence electrons. The SMILES string of the molecule is Cn1cnnc1[C@H]1CN(Cc2cccc(Cl)c2Cl)CCO1. The van der Waals surface area contributed by atoms with Crippen molar-refractivity contribution in [3.05, 3.63) is 46.0 Å². The van der Waals surface area contributed by atoms with Crippen LogP contribution in [-0.4, -0.2) is 39.4 Å². The predicted molar refractivity (Wildman–Crippen MR) is 81.4 cm³/mol. The fourth-order valence-electron chi connectivity index (χ4n) is 2.50. The van der Waals surface area contributed by atoms with Gasteiger partial charge in [0.1, 0.15) is 12.4 Å². The Hall–Kier alpha value is -1.14. The average molecular weight is 327 g/mol. The Kier molecular flexibility index (Phi) is 4.45. The molecule has 1 atom stereocenters.